The Bertz CT molecular complexity index is 720. The topological polar surface area (TPSA) is 131 Å². The van der Waals surface area contributed by atoms with Crippen molar-refractivity contribution in [2.45, 2.75) is 17.4 Å². The molecule has 0 bridgehead atoms. The Kier molecular flexibility index (Phi) is 7.49. The van der Waals surface area contributed by atoms with E-state index in [1.165, 1.54) is 45.4 Å². The lowest BCUT2D eigenvalue weighted by Gasteiger charge is -2.25. The summed E-state index contributed by atoms with van der Waals surface area (Å²) in [6.45, 7) is 1.34. The predicted molar refractivity (Wildman–Crippen MR) is 88.9 cm³/mol. The molecular weight excluding hydrogens is 352 g/mol. The van der Waals surface area contributed by atoms with Crippen LogP contribution in [0.1, 0.15) is 17.3 Å². The minimum absolute atomic E-state index is 0.0122. The fourth-order valence-electron chi connectivity index (χ4n) is 1.93. The Morgan fingerprint density at radius 1 is 1.24 bits per heavy atom. The zero-order valence-corrected chi connectivity index (χ0v) is 15.1. The van der Waals surface area contributed by atoms with Crippen LogP contribution in [0, 0.1) is 0 Å². The summed E-state index contributed by atoms with van der Waals surface area (Å²) >= 11 is 0. The van der Waals surface area contributed by atoms with Crippen molar-refractivity contribution in [3.63, 3.8) is 0 Å². The first kappa shape index (κ1) is 21.0. The van der Waals surface area contributed by atoms with Crippen molar-refractivity contribution >= 4 is 21.9 Å². The molecule has 1 amide bonds. The van der Waals surface area contributed by atoms with Crippen LogP contribution in [-0.2, 0) is 24.3 Å². The molecule has 10 heteroatoms. The van der Waals surface area contributed by atoms with E-state index in [9.17, 15) is 23.1 Å². The first-order valence-electron chi connectivity index (χ1n) is 7.30. The third-order valence-electron chi connectivity index (χ3n) is 3.30. The fraction of sp³-hybridized carbons (Fsp3) is 0.467. The molecule has 1 unspecified atom stereocenters. The summed E-state index contributed by atoms with van der Waals surface area (Å²) in [5, 5.41) is 11.6. The Hall–Kier alpha value is -2.01. The number of methoxy groups -OCH3 is 2. The van der Waals surface area contributed by atoms with Gasteiger partial charge in [-0.2, -0.15) is 0 Å². The largest absolute Gasteiger partial charge is 0.479 e. The number of carboxylic acid groups (broad SMARTS) is 1. The summed E-state index contributed by atoms with van der Waals surface area (Å²) < 4.78 is 36.3. The minimum atomic E-state index is -3.81. The molecule has 0 aliphatic heterocycles. The van der Waals surface area contributed by atoms with Crippen LogP contribution >= 0.6 is 0 Å². The summed E-state index contributed by atoms with van der Waals surface area (Å²) in [5.41, 5.74) is -1.63. The second-order valence-electron chi connectivity index (χ2n) is 5.44. The van der Waals surface area contributed by atoms with Gasteiger partial charge in [-0.05, 0) is 25.1 Å². The van der Waals surface area contributed by atoms with Crippen LogP contribution in [0.2, 0.25) is 0 Å². The quantitative estimate of drug-likeness (QED) is 0.485. The fourth-order valence-corrected chi connectivity index (χ4v) is 2.99. The third kappa shape index (κ3) is 5.78. The number of amides is 1. The number of nitrogens with one attached hydrogen (secondary N) is 2. The summed E-state index contributed by atoms with van der Waals surface area (Å²) in [4.78, 5) is 23.5. The van der Waals surface area contributed by atoms with E-state index < -0.39 is 27.4 Å². The maximum absolute atomic E-state index is 12.3. The first-order valence-corrected chi connectivity index (χ1v) is 8.78. The first-order chi connectivity index (χ1) is 11.7. The second kappa shape index (κ2) is 8.90. The lowest BCUT2D eigenvalue weighted by molar-refractivity contribution is -0.145. The van der Waals surface area contributed by atoms with Gasteiger partial charge in [0.2, 0.25) is 10.0 Å². The van der Waals surface area contributed by atoms with Gasteiger partial charge in [0, 0.05) is 26.3 Å². The average molecular weight is 374 g/mol. The van der Waals surface area contributed by atoms with E-state index in [1.54, 1.807) is 0 Å². The number of rotatable bonds is 10. The molecule has 1 atom stereocenters. The van der Waals surface area contributed by atoms with Crippen LogP contribution in [0.25, 0.3) is 0 Å². The van der Waals surface area contributed by atoms with Crippen LogP contribution in [0.15, 0.2) is 29.2 Å². The molecule has 1 aromatic rings. The minimum Gasteiger partial charge on any atom is -0.479 e. The van der Waals surface area contributed by atoms with E-state index in [2.05, 4.69) is 10.0 Å². The molecule has 0 saturated heterocycles. The number of carbonyl (C=O) groups excluding carboxylic acids is 1. The van der Waals surface area contributed by atoms with Crippen molar-refractivity contribution in [3.05, 3.63) is 29.8 Å². The van der Waals surface area contributed by atoms with Gasteiger partial charge in [0.05, 0.1) is 18.1 Å². The van der Waals surface area contributed by atoms with E-state index in [0.717, 1.165) is 0 Å². The number of hydrogen-bond donors (Lipinski definition) is 3. The molecule has 0 aromatic heterocycles. The molecule has 0 spiro atoms. The molecular formula is C15H22N2O7S. The molecule has 25 heavy (non-hydrogen) atoms. The van der Waals surface area contributed by atoms with Crippen LogP contribution in [0.5, 0.6) is 0 Å². The van der Waals surface area contributed by atoms with E-state index in [-0.39, 0.29) is 30.2 Å². The van der Waals surface area contributed by atoms with Gasteiger partial charge in [0.25, 0.3) is 5.91 Å². The highest BCUT2D eigenvalue weighted by molar-refractivity contribution is 7.89. The van der Waals surface area contributed by atoms with Gasteiger partial charge in [0.1, 0.15) is 0 Å². The Morgan fingerprint density at radius 3 is 2.48 bits per heavy atom. The zero-order chi connectivity index (χ0) is 19.1. The average Bonchev–Trinajstić information content (AvgIpc) is 2.55. The van der Waals surface area contributed by atoms with Crippen molar-refractivity contribution in [2.24, 2.45) is 0 Å². The highest BCUT2D eigenvalue weighted by Crippen LogP contribution is 2.13. The maximum atomic E-state index is 12.3. The van der Waals surface area contributed by atoms with Crippen molar-refractivity contribution in [2.75, 3.05) is 34.0 Å². The van der Waals surface area contributed by atoms with Crippen LogP contribution in [0.3, 0.4) is 0 Å². The molecule has 0 fully saturated rings. The monoisotopic (exact) mass is 374 g/mol. The molecule has 9 nitrogen and oxygen atoms in total. The smallest absolute Gasteiger partial charge is 0.331 e. The van der Waals surface area contributed by atoms with Crippen molar-refractivity contribution in [1.82, 2.24) is 10.0 Å². The Balaban J connectivity index is 3.00. The Morgan fingerprint density at radius 2 is 1.92 bits per heavy atom. The number of carboxylic acids is 1. The van der Waals surface area contributed by atoms with Crippen LogP contribution in [-0.4, -0.2) is 64.9 Å². The van der Waals surface area contributed by atoms with Crippen molar-refractivity contribution in [3.8, 4) is 0 Å². The highest BCUT2D eigenvalue weighted by Gasteiger charge is 2.35. The molecule has 1 aromatic carbocycles. The molecule has 140 valence electrons. The van der Waals surface area contributed by atoms with E-state index in [0.29, 0.717) is 0 Å². The molecule has 3 N–H and O–H groups in total. The Labute approximate surface area is 146 Å². The number of ether oxygens (including phenoxy) is 2. The highest BCUT2D eigenvalue weighted by atomic mass is 32.2. The van der Waals surface area contributed by atoms with Crippen LogP contribution in [0.4, 0.5) is 0 Å². The second-order valence-corrected chi connectivity index (χ2v) is 7.21. The van der Waals surface area contributed by atoms with Gasteiger partial charge < -0.3 is 19.9 Å². The lowest BCUT2D eigenvalue weighted by atomic mass is 10.0. The van der Waals surface area contributed by atoms with Crippen molar-refractivity contribution < 1.29 is 32.6 Å². The molecule has 1 rings (SSSR count). The summed E-state index contributed by atoms with van der Waals surface area (Å²) in [5.74, 6) is -2.00. The van der Waals surface area contributed by atoms with Gasteiger partial charge in [-0.1, -0.05) is 6.07 Å². The zero-order valence-electron chi connectivity index (χ0n) is 14.2. The summed E-state index contributed by atoms with van der Waals surface area (Å²) in [7, 11) is -1.05. The third-order valence-corrected chi connectivity index (χ3v) is 4.76. The SMILES string of the molecule is COCCNS(=O)(=O)c1cccc(C(=O)NC(C)(COC)C(=O)O)c1. The summed E-state index contributed by atoms with van der Waals surface area (Å²) in [6.07, 6.45) is 0. The molecule has 0 aliphatic carbocycles. The number of sulfonamides is 1. The van der Waals surface area contributed by atoms with Gasteiger partial charge in [0.15, 0.2) is 5.54 Å². The van der Waals surface area contributed by atoms with E-state index in [4.69, 9.17) is 9.47 Å². The normalized spacial score (nSPS) is 13.9. The lowest BCUT2D eigenvalue weighted by Crippen LogP contribution is -2.55. The van der Waals surface area contributed by atoms with Gasteiger partial charge in [-0.3, -0.25) is 4.79 Å². The van der Waals surface area contributed by atoms with Crippen LogP contribution < -0.4 is 10.0 Å². The maximum Gasteiger partial charge on any atom is 0.331 e. The number of aliphatic carboxylic acids is 1. The predicted octanol–water partition coefficient (Wildman–Crippen LogP) is -0.169. The van der Waals surface area contributed by atoms with Gasteiger partial charge in [-0.25, -0.2) is 17.9 Å². The van der Waals surface area contributed by atoms with Gasteiger partial charge in [-0.15, -0.1) is 0 Å². The van der Waals surface area contributed by atoms with Gasteiger partial charge >= 0.3 is 5.97 Å². The van der Waals surface area contributed by atoms with E-state index >= 15 is 0 Å². The standard InChI is InChI=1S/C15H22N2O7S/c1-15(10-24-3,14(19)20)17-13(18)11-5-4-6-12(9-11)25(21,22)16-7-8-23-2/h4-6,9,16H,7-8,10H2,1-3H3,(H,17,18)(H,19,20). The number of carbonyl (C=O) groups is 2. The van der Waals surface area contributed by atoms with E-state index in [1.807, 2.05) is 0 Å². The number of hydrogen-bond acceptors (Lipinski definition) is 6. The molecule has 0 saturated carbocycles. The molecule has 0 heterocycles. The van der Waals surface area contributed by atoms with Crippen molar-refractivity contribution in [1.29, 1.82) is 0 Å². The summed E-state index contributed by atoms with van der Waals surface area (Å²) in [6, 6.07) is 5.28. The molecule has 0 radical (unpaired) electrons. The molecule has 0 aliphatic rings. The number of benzene rings is 1.